The lowest BCUT2D eigenvalue weighted by Gasteiger charge is -2.35. The second-order valence-electron chi connectivity index (χ2n) is 7.27. The maximum atomic E-state index is 9.67. The number of hydrogen-bond acceptors (Lipinski definition) is 5. The molecule has 0 radical (unpaired) electrons. The van der Waals surface area contributed by atoms with Crippen LogP contribution in [0.5, 0.6) is 0 Å². The van der Waals surface area contributed by atoms with Crippen molar-refractivity contribution in [2.45, 2.75) is 38.6 Å². The molecule has 4 rings (SSSR count). The number of halogens is 1. The van der Waals surface area contributed by atoms with Crippen molar-refractivity contribution in [1.82, 2.24) is 19.7 Å². The summed E-state index contributed by atoms with van der Waals surface area (Å²) in [4.78, 5) is 6.70. The molecule has 1 atom stereocenters. The molecule has 1 aliphatic heterocycles. The molecule has 0 N–H and O–H groups in total. The van der Waals surface area contributed by atoms with Gasteiger partial charge in [0.15, 0.2) is 0 Å². The summed E-state index contributed by atoms with van der Waals surface area (Å²) in [6.45, 7) is 5.97. The number of aromatic nitrogens is 4. The first-order chi connectivity index (χ1) is 13.1. The molecule has 3 aromatic rings. The molecule has 3 heterocycles. The normalized spacial score (nSPS) is 17.4. The predicted octanol–water partition coefficient (Wildman–Crippen LogP) is 4.32. The topological polar surface area (TPSA) is 70.6 Å². The summed E-state index contributed by atoms with van der Waals surface area (Å²) < 4.78 is 2.14. The molecule has 1 unspecified atom stereocenters. The lowest BCUT2D eigenvalue weighted by molar-refractivity contribution is 0.455. The summed E-state index contributed by atoms with van der Waals surface area (Å²) in [5.41, 5.74) is 2.35. The van der Waals surface area contributed by atoms with Crippen LogP contribution in [0, 0.1) is 11.3 Å². The SMILES string of the molecule is CC(C)n1cnnc1C1CCCN(c2c(C#N)cnc3ccc(Cl)cc23)C1. The predicted molar refractivity (Wildman–Crippen MR) is 106 cm³/mol. The van der Waals surface area contributed by atoms with Crippen LogP contribution >= 0.6 is 11.6 Å². The second-order valence-corrected chi connectivity index (χ2v) is 7.71. The molecule has 0 amide bonds. The average Bonchev–Trinajstić information content (AvgIpc) is 3.17. The number of fused-ring (bicyclic) bond motifs is 1. The number of rotatable bonds is 3. The van der Waals surface area contributed by atoms with Crippen molar-refractivity contribution in [3.63, 3.8) is 0 Å². The van der Waals surface area contributed by atoms with Gasteiger partial charge in [-0.2, -0.15) is 5.26 Å². The average molecular weight is 381 g/mol. The maximum Gasteiger partial charge on any atom is 0.137 e. The van der Waals surface area contributed by atoms with E-state index in [2.05, 4.69) is 44.6 Å². The third-order valence-corrected chi connectivity index (χ3v) is 5.42. The molecule has 2 aromatic heterocycles. The number of pyridine rings is 1. The number of piperidine rings is 1. The molecule has 138 valence electrons. The second kappa shape index (κ2) is 7.16. The van der Waals surface area contributed by atoms with Crippen molar-refractivity contribution >= 4 is 28.2 Å². The van der Waals surface area contributed by atoms with Crippen LogP contribution in [0.25, 0.3) is 10.9 Å². The minimum atomic E-state index is 0.276. The van der Waals surface area contributed by atoms with E-state index in [1.54, 1.807) is 12.5 Å². The number of hydrogen-bond donors (Lipinski definition) is 0. The molecule has 1 aromatic carbocycles. The fourth-order valence-corrected chi connectivity index (χ4v) is 4.08. The molecule has 1 aliphatic rings. The molecule has 27 heavy (non-hydrogen) atoms. The smallest absolute Gasteiger partial charge is 0.137 e. The zero-order valence-electron chi connectivity index (χ0n) is 15.4. The maximum absolute atomic E-state index is 9.67. The highest BCUT2D eigenvalue weighted by atomic mass is 35.5. The lowest BCUT2D eigenvalue weighted by Crippen LogP contribution is -2.36. The van der Waals surface area contributed by atoms with E-state index >= 15 is 0 Å². The molecular formula is C20H21ClN6. The Hall–Kier alpha value is -2.65. The van der Waals surface area contributed by atoms with E-state index in [1.165, 1.54) is 0 Å². The van der Waals surface area contributed by atoms with E-state index in [9.17, 15) is 5.26 Å². The van der Waals surface area contributed by atoms with Crippen LogP contribution in [0.3, 0.4) is 0 Å². The number of nitriles is 1. The quantitative estimate of drug-likeness (QED) is 0.676. The molecule has 1 fully saturated rings. The van der Waals surface area contributed by atoms with Crippen LogP contribution in [0.4, 0.5) is 5.69 Å². The van der Waals surface area contributed by atoms with E-state index in [0.29, 0.717) is 16.6 Å². The van der Waals surface area contributed by atoms with Gasteiger partial charge in [0, 0.05) is 41.7 Å². The minimum absolute atomic E-state index is 0.276. The highest BCUT2D eigenvalue weighted by Gasteiger charge is 2.28. The number of anilines is 1. The summed E-state index contributed by atoms with van der Waals surface area (Å²) >= 11 is 6.24. The Morgan fingerprint density at radius 2 is 2.19 bits per heavy atom. The highest BCUT2D eigenvalue weighted by Crippen LogP contribution is 2.36. The molecule has 6 nitrogen and oxygen atoms in total. The van der Waals surface area contributed by atoms with Gasteiger partial charge >= 0.3 is 0 Å². The lowest BCUT2D eigenvalue weighted by atomic mass is 9.95. The van der Waals surface area contributed by atoms with Crippen LogP contribution in [-0.4, -0.2) is 32.8 Å². The van der Waals surface area contributed by atoms with Crippen molar-refractivity contribution in [3.8, 4) is 6.07 Å². The summed E-state index contributed by atoms with van der Waals surface area (Å²) in [5.74, 6) is 1.29. The van der Waals surface area contributed by atoms with Crippen molar-refractivity contribution < 1.29 is 0 Å². The van der Waals surface area contributed by atoms with Gasteiger partial charge in [-0.15, -0.1) is 10.2 Å². The van der Waals surface area contributed by atoms with Gasteiger partial charge in [0.25, 0.3) is 0 Å². The fraction of sp³-hybridized carbons (Fsp3) is 0.400. The third kappa shape index (κ3) is 3.24. The van der Waals surface area contributed by atoms with Crippen molar-refractivity contribution in [1.29, 1.82) is 5.26 Å². The summed E-state index contributed by atoms with van der Waals surface area (Å²) in [5, 5.41) is 19.8. The van der Waals surface area contributed by atoms with Crippen LogP contribution in [0.1, 0.15) is 50.0 Å². The third-order valence-electron chi connectivity index (χ3n) is 5.18. The molecule has 1 saturated heterocycles. The monoisotopic (exact) mass is 380 g/mol. The molecular weight excluding hydrogens is 360 g/mol. The van der Waals surface area contributed by atoms with E-state index in [4.69, 9.17) is 11.6 Å². The molecule has 0 spiro atoms. The standard InChI is InChI=1S/C20H21ClN6/c1-13(2)27-12-24-25-20(27)14-4-3-7-26(11-14)19-15(9-22)10-23-18-6-5-16(21)8-17(18)19/h5-6,8,10,12-14H,3-4,7,11H2,1-2H3. The van der Waals surface area contributed by atoms with Crippen LogP contribution < -0.4 is 4.90 Å². The van der Waals surface area contributed by atoms with Gasteiger partial charge in [0.1, 0.15) is 18.2 Å². The van der Waals surface area contributed by atoms with E-state index in [-0.39, 0.29) is 5.92 Å². The molecule has 0 bridgehead atoms. The molecule has 0 saturated carbocycles. The first kappa shape index (κ1) is 17.7. The highest BCUT2D eigenvalue weighted by molar-refractivity contribution is 6.31. The van der Waals surface area contributed by atoms with Crippen LogP contribution in [-0.2, 0) is 0 Å². The van der Waals surface area contributed by atoms with Gasteiger partial charge in [-0.1, -0.05) is 11.6 Å². The Labute approximate surface area is 163 Å². The summed E-state index contributed by atoms with van der Waals surface area (Å²) in [7, 11) is 0. The first-order valence-corrected chi connectivity index (χ1v) is 9.59. The van der Waals surface area contributed by atoms with E-state index in [0.717, 1.165) is 48.3 Å². The van der Waals surface area contributed by atoms with Crippen molar-refractivity contribution in [2.24, 2.45) is 0 Å². The van der Waals surface area contributed by atoms with Gasteiger partial charge < -0.3 is 9.47 Å². The Morgan fingerprint density at radius 1 is 1.33 bits per heavy atom. The van der Waals surface area contributed by atoms with E-state index < -0.39 is 0 Å². The Kier molecular flexibility index (Phi) is 4.71. The molecule has 7 heteroatoms. The van der Waals surface area contributed by atoms with Crippen molar-refractivity contribution in [3.05, 3.63) is 47.1 Å². The fourth-order valence-electron chi connectivity index (χ4n) is 3.91. The van der Waals surface area contributed by atoms with Crippen molar-refractivity contribution in [2.75, 3.05) is 18.0 Å². The van der Waals surface area contributed by atoms with Gasteiger partial charge in [-0.3, -0.25) is 4.98 Å². The zero-order valence-corrected chi connectivity index (χ0v) is 16.2. The van der Waals surface area contributed by atoms with Gasteiger partial charge in [0.05, 0.1) is 16.8 Å². The molecule has 0 aliphatic carbocycles. The zero-order chi connectivity index (χ0) is 19.0. The number of nitrogens with zero attached hydrogens (tertiary/aromatic N) is 6. The van der Waals surface area contributed by atoms with E-state index in [1.807, 2.05) is 18.2 Å². The summed E-state index contributed by atoms with van der Waals surface area (Å²) in [6, 6.07) is 8.26. The van der Waals surface area contributed by atoms with Gasteiger partial charge in [-0.25, -0.2) is 0 Å². The van der Waals surface area contributed by atoms with Gasteiger partial charge in [0.2, 0.25) is 0 Å². The Morgan fingerprint density at radius 3 is 2.96 bits per heavy atom. The Bertz CT molecular complexity index is 1020. The first-order valence-electron chi connectivity index (χ1n) is 9.21. The summed E-state index contributed by atoms with van der Waals surface area (Å²) in [6.07, 6.45) is 5.56. The minimum Gasteiger partial charge on any atom is -0.369 e. The number of benzene rings is 1. The van der Waals surface area contributed by atoms with Gasteiger partial charge in [-0.05, 0) is 44.9 Å². The van der Waals surface area contributed by atoms with Crippen LogP contribution in [0.15, 0.2) is 30.7 Å². The Balaban J connectivity index is 1.76. The largest absolute Gasteiger partial charge is 0.369 e. The van der Waals surface area contributed by atoms with Crippen LogP contribution in [0.2, 0.25) is 5.02 Å².